The first-order valence-electron chi connectivity index (χ1n) is 7.58. The number of hydrazine groups is 1. The third-order valence-corrected chi connectivity index (χ3v) is 5.18. The monoisotopic (exact) mass is 416 g/mol. The maximum Gasteiger partial charge on any atom is 0.248 e. The molecule has 1 heterocycles. The Bertz CT molecular complexity index is 920. The number of benzene rings is 2. The molecule has 1 amide bonds. The van der Waals surface area contributed by atoms with Crippen LogP contribution in [0.15, 0.2) is 64.7 Å². The van der Waals surface area contributed by atoms with Crippen molar-refractivity contribution < 1.29 is 4.79 Å². The lowest BCUT2D eigenvalue weighted by atomic mass is 10.2. The second kappa shape index (κ2) is 7.76. The number of aromatic nitrogens is 2. The summed E-state index contributed by atoms with van der Waals surface area (Å²) < 4.78 is 2.98. The van der Waals surface area contributed by atoms with Crippen molar-refractivity contribution in [2.75, 3.05) is 5.75 Å². The number of amides is 1. The molecule has 128 valence electrons. The lowest BCUT2D eigenvalue weighted by Gasteiger charge is -2.11. The first kappa shape index (κ1) is 17.6. The smallest absolute Gasteiger partial charge is 0.248 e. The Labute approximate surface area is 158 Å². The van der Waals surface area contributed by atoms with Gasteiger partial charge in [0.2, 0.25) is 5.91 Å². The first-order valence-corrected chi connectivity index (χ1v) is 9.36. The van der Waals surface area contributed by atoms with Crippen molar-refractivity contribution in [3.63, 3.8) is 0 Å². The van der Waals surface area contributed by atoms with Crippen molar-refractivity contribution in [2.24, 2.45) is 7.05 Å². The van der Waals surface area contributed by atoms with Crippen molar-refractivity contribution in [2.45, 2.75) is 5.16 Å². The fraction of sp³-hybridized carbons (Fsp3) is 0.111. The number of para-hydroxylation sites is 2. The number of carbonyl (C=O) groups is 1. The van der Waals surface area contributed by atoms with Crippen LogP contribution in [-0.4, -0.2) is 21.2 Å². The molecule has 0 radical (unpaired) electrons. The molecule has 3 rings (SSSR count). The van der Waals surface area contributed by atoms with Gasteiger partial charge in [0, 0.05) is 11.5 Å². The second-order valence-electron chi connectivity index (χ2n) is 5.39. The summed E-state index contributed by atoms with van der Waals surface area (Å²) in [5, 5.41) is 0.808. The van der Waals surface area contributed by atoms with Gasteiger partial charge in [0.05, 0.1) is 22.5 Å². The molecule has 0 atom stereocenters. The van der Waals surface area contributed by atoms with E-state index < -0.39 is 0 Å². The van der Waals surface area contributed by atoms with Crippen LogP contribution in [0.5, 0.6) is 0 Å². The lowest BCUT2D eigenvalue weighted by molar-refractivity contribution is -0.119. The SMILES string of the molecule is C=C(NNC(=O)CSc1nc2ccccc2n1C)c1ccc(Br)cc1. The largest absolute Gasteiger partial charge is 0.322 e. The number of fused-ring (bicyclic) bond motifs is 1. The van der Waals surface area contributed by atoms with Gasteiger partial charge < -0.3 is 4.57 Å². The third-order valence-electron chi connectivity index (χ3n) is 3.62. The number of hydrogen-bond acceptors (Lipinski definition) is 4. The summed E-state index contributed by atoms with van der Waals surface area (Å²) in [5.74, 6) is 0.118. The summed E-state index contributed by atoms with van der Waals surface area (Å²) in [4.78, 5) is 16.6. The molecule has 0 aliphatic rings. The van der Waals surface area contributed by atoms with Crippen LogP contribution in [0.2, 0.25) is 0 Å². The van der Waals surface area contributed by atoms with Crippen LogP contribution in [-0.2, 0) is 11.8 Å². The Kier molecular flexibility index (Phi) is 5.45. The highest BCUT2D eigenvalue weighted by Gasteiger charge is 2.10. The van der Waals surface area contributed by atoms with Gasteiger partial charge in [-0.2, -0.15) is 0 Å². The van der Waals surface area contributed by atoms with E-state index in [1.54, 1.807) is 0 Å². The van der Waals surface area contributed by atoms with Gasteiger partial charge in [-0.25, -0.2) is 4.98 Å². The van der Waals surface area contributed by atoms with Crippen molar-refractivity contribution >= 4 is 50.3 Å². The number of rotatable bonds is 6. The van der Waals surface area contributed by atoms with E-state index in [4.69, 9.17) is 0 Å². The Hall–Kier alpha value is -2.25. The average molecular weight is 417 g/mol. The molecule has 1 aromatic heterocycles. The quantitative estimate of drug-likeness (QED) is 0.474. The molecule has 0 bridgehead atoms. The molecule has 7 heteroatoms. The van der Waals surface area contributed by atoms with Gasteiger partial charge in [-0.05, 0) is 29.8 Å². The number of nitrogens with zero attached hydrogens (tertiary/aromatic N) is 2. The molecule has 3 aromatic rings. The molecule has 0 spiro atoms. The molecule has 5 nitrogen and oxygen atoms in total. The Morgan fingerprint density at radius 1 is 1.20 bits per heavy atom. The second-order valence-corrected chi connectivity index (χ2v) is 7.25. The summed E-state index contributed by atoms with van der Waals surface area (Å²) in [6.07, 6.45) is 0. The molecule has 0 saturated carbocycles. The standard InChI is InChI=1S/C18H17BrN4OS/c1-12(13-7-9-14(19)10-8-13)21-22-17(24)11-25-18-20-15-5-3-4-6-16(15)23(18)2/h3-10,21H,1,11H2,2H3,(H,22,24). The number of hydrogen-bond donors (Lipinski definition) is 2. The van der Waals surface area contributed by atoms with Crippen LogP contribution < -0.4 is 10.9 Å². The van der Waals surface area contributed by atoms with E-state index in [2.05, 4.69) is 38.3 Å². The number of halogens is 1. The van der Waals surface area contributed by atoms with Crippen LogP contribution in [0.4, 0.5) is 0 Å². The maximum absolute atomic E-state index is 12.1. The number of carbonyl (C=O) groups excluding carboxylic acids is 1. The normalized spacial score (nSPS) is 10.6. The van der Waals surface area contributed by atoms with Gasteiger partial charge >= 0.3 is 0 Å². The van der Waals surface area contributed by atoms with Crippen LogP contribution in [0, 0.1) is 0 Å². The molecular formula is C18H17BrN4OS. The van der Waals surface area contributed by atoms with E-state index >= 15 is 0 Å². The Morgan fingerprint density at radius 2 is 1.92 bits per heavy atom. The van der Waals surface area contributed by atoms with Gasteiger partial charge in [0.15, 0.2) is 5.16 Å². The van der Waals surface area contributed by atoms with Crippen molar-refractivity contribution in [3.05, 3.63) is 65.1 Å². The highest BCUT2D eigenvalue weighted by molar-refractivity contribution is 9.10. The molecule has 0 aliphatic carbocycles. The van der Waals surface area contributed by atoms with Gasteiger partial charge in [-0.15, -0.1) is 0 Å². The van der Waals surface area contributed by atoms with E-state index in [0.717, 1.165) is 26.2 Å². The van der Waals surface area contributed by atoms with E-state index in [0.29, 0.717) is 5.70 Å². The minimum Gasteiger partial charge on any atom is -0.322 e. The molecule has 2 aromatic carbocycles. The zero-order valence-electron chi connectivity index (χ0n) is 13.6. The van der Waals surface area contributed by atoms with Crippen LogP contribution >= 0.6 is 27.7 Å². The van der Waals surface area contributed by atoms with Gasteiger partial charge in [0.25, 0.3) is 0 Å². The van der Waals surface area contributed by atoms with Crippen molar-refractivity contribution in [3.8, 4) is 0 Å². The number of aryl methyl sites for hydroxylation is 1. The number of imidazole rings is 1. The summed E-state index contributed by atoms with van der Waals surface area (Å²) >= 11 is 4.78. The van der Waals surface area contributed by atoms with Gasteiger partial charge in [0.1, 0.15) is 0 Å². The summed E-state index contributed by atoms with van der Waals surface area (Å²) in [7, 11) is 1.95. The molecule has 0 aliphatic heterocycles. The summed E-state index contributed by atoms with van der Waals surface area (Å²) in [6.45, 7) is 3.92. The Morgan fingerprint density at radius 3 is 2.64 bits per heavy atom. The maximum atomic E-state index is 12.1. The number of nitrogens with one attached hydrogen (secondary N) is 2. The van der Waals surface area contributed by atoms with E-state index in [-0.39, 0.29) is 11.7 Å². The average Bonchev–Trinajstić information content (AvgIpc) is 2.95. The molecular weight excluding hydrogens is 400 g/mol. The number of thioether (sulfide) groups is 1. The van der Waals surface area contributed by atoms with Gasteiger partial charge in [-0.1, -0.05) is 58.5 Å². The van der Waals surface area contributed by atoms with E-state index in [9.17, 15) is 4.79 Å². The van der Waals surface area contributed by atoms with E-state index in [1.807, 2.05) is 60.1 Å². The molecule has 0 fully saturated rings. The predicted molar refractivity (Wildman–Crippen MR) is 106 cm³/mol. The fourth-order valence-corrected chi connectivity index (χ4v) is 3.34. The summed E-state index contributed by atoms with van der Waals surface area (Å²) in [5.41, 5.74) is 9.02. The first-order chi connectivity index (χ1) is 12.0. The van der Waals surface area contributed by atoms with Crippen LogP contribution in [0.3, 0.4) is 0 Å². The fourth-order valence-electron chi connectivity index (χ4n) is 2.29. The van der Waals surface area contributed by atoms with Crippen LogP contribution in [0.1, 0.15) is 5.56 Å². The topological polar surface area (TPSA) is 58.9 Å². The highest BCUT2D eigenvalue weighted by atomic mass is 79.9. The minimum absolute atomic E-state index is 0.143. The minimum atomic E-state index is -0.143. The third kappa shape index (κ3) is 4.24. The van der Waals surface area contributed by atoms with Crippen molar-refractivity contribution in [1.29, 1.82) is 0 Å². The predicted octanol–water partition coefficient (Wildman–Crippen LogP) is 3.72. The zero-order valence-corrected chi connectivity index (χ0v) is 16.0. The lowest BCUT2D eigenvalue weighted by Crippen LogP contribution is -2.37. The molecule has 0 unspecified atom stereocenters. The van der Waals surface area contributed by atoms with Crippen molar-refractivity contribution in [1.82, 2.24) is 20.4 Å². The molecule has 25 heavy (non-hydrogen) atoms. The summed E-state index contributed by atoms with van der Waals surface area (Å²) in [6, 6.07) is 15.6. The molecule has 2 N–H and O–H groups in total. The Balaban J connectivity index is 1.53. The van der Waals surface area contributed by atoms with Crippen LogP contribution in [0.25, 0.3) is 16.7 Å². The highest BCUT2D eigenvalue weighted by Crippen LogP contribution is 2.22. The molecule has 0 saturated heterocycles. The van der Waals surface area contributed by atoms with Gasteiger partial charge in [-0.3, -0.25) is 15.6 Å². The van der Waals surface area contributed by atoms with E-state index in [1.165, 1.54) is 11.8 Å². The zero-order chi connectivity index (χ0) is 17.8.